The SMILES string of the molecule is C[C@]12CCC(=O)C=C1CC[C@@H]1[C@@H]2CC[C@]2(C)C(O)CC=C[C@@H]12. The van der Waals surface area contributed by atoms with E-state index < -0.39 is 0 Å². The van der Waals surface area contributed by atoms with Crippen LogP contribution in [0.3, 0.4) is 0 Å². The summed E-state index contributed by atoms with van der Waals surface area (Å²) in [6.45, 7) is 4.72. The maximum atomic E-state index is 11.8. The van der Waals surface area contributed by atoms with Crippen molar-refractivity contribution in [2.24, 2.45) is 28.6 Å². The van der Waals surface area contributed by atoms with E-state index in [0.29, 0.717) is 23.5 Å². The van der Waals surface area contributed by atoms with Crippen molar-refractivity contribution in [2.75, 3.05) is 0 Å². The van der Waals surface area contributed by atoms with Crippen LogP contribution in [0, 0.1) is 28.6 Å². The van der Waals surface area contributed by atoms with Crippen LogP contribution in [-0.2, 0) is 4.79 Å². The van der Waals surface area contributed by atoms with Crippen LogP contribution in [0.4, 0.5) is 0 Å². The molecule has 0 aromatic carbocycles. The van der Waals surface area contributed by atoms with Crippen LogP contribution < -0.4 is 0 Å². The lowest BCUT2D eigenvalue weighted by Gasteiger charge is -2.59. The molecule has 1 N–H and O–H groups in total. The molecule has 0 aliphatic heterocycles. The maximum Gasteiger partial charge on any atom is 0.155 e. The van der Waals surface area contributed by atoms with Crippen LogP contribution >= 0.6 is 0 Å². The van der Waals surface area contributed by atoms with Gasteiger partial charge in [-0.3, -0.25) is 4.79 Å². The fourth-order valence-corrected chi connectivity index (χ4v) is 6.21. The highest BCUT2D eigenvalue weighted by Gasteiger charge is 2.56. The van der Waals surface area contributed by atoms with Crippen LogP contribution in [0.2, 0.25) is 0 Å². The summed E-state index contributed by atoms with van der Waals surface area (Å²) >= 11 is 0. The van der Waals surface area contributed by atoms with Crippen molar-refractivity contribution in [1.82, 2.24) is 0 Å². The highest BCUT2D eigenvalue weighted by atomic mass is 16.3. The molecule has 4 aliphatic rings. The zero-order valence-corrected chi connectivity index (χ0v) is 13.8. The summed E-state index contributed by atoms with van der Waals surface area (Å²) in [4.78, 5) is 11.8. The Balaban J connectivity index is 1.71. The number of fused-ring (bicyclic) bond motifs is 5. The summed E-state index contributed by atoms with van der Waals surface area (Å²) in [6.07, 6.45) is 13.6. The fourth-order valence-electron chi connectivity index (χ4n) is 6.21. The number of hydrogen-bond acceptors (Lipinski definition) is 2. The van der Waals surface area contributed by atoms with Gasteiger partial charge in [-0.25, -0.2) is 0 Å². The number of carbonyl (C=O) groups excluding carboxylic acids is 1. The van der Waals surface area contributed by atoms with Crippen LogP contribution in [0.1, 0.15) is 58.8 Å². The first-order valence-electron chi connectivity index (χ1n) is 9.04. The van der Waals surface area contributed by atoms with Gasteiger partial charge in [0.25, 0.3) is 0 Å². The molecule has 6 atom stereocenters. The van der Waals surface area contributed by atoms with E-state index in [4.69, 9.17) is 0 Å². The molecule has 0 aromatic heterocycles. The second-order valence-electron chi connectivity index (χ2n) is 8.61. The number of aliphatic hydroxyl groups is 1. The molecule has 4 rings (SSSR count). The lowest BCUT2D eigenvalue weighted by molar-refractivity contribution is -0.119. The Labute approximate surface area is 133 Å². The summed E-state index contributed by atoms with van der Waals surface area (Å²) < 4.78 is 0. The Hall–Kier alpha value is -0.890. The minimum Gasteiger partial charge on any atom is -0.392 e. The molecule has 4 aliphatic carbocycles. The standard InChI is InChI=1S/C20H28O2/c1-19-10-8-14(21)12-13(19)6-7-15-16-4-3-5-18(22)20(16,2)11-9-17(15)19/h3-4,12,15-18,22H,5-11H2,1-2H3/t15-,16-,17-,18?,19-,20-/m0/s1. The average Bonchev–Trinajstić information content (AvgIpc) is 2.49. The van der Waals surface area contributed by atoms with Gasteiger partial charge < -0.3 is 5.11 Å². The number of ketones is 1. The number of allylic oxidation sites excluding steroid dienone is 3. The third-order valence-corrected chi connectivity index (χ3v) is 7.72. The van der Waals surface area contributed by atoms with Crippen molar-refractivity contribution in [1.29, 1.82) is 0 Å². The minimum atomic E-state index is -0.180. The normalized spacial score (nSPS) is 50.7. The quantitative estimate of drug-likeness (QED) is 0.685. The van der Waals surface area contributed by atoms with Crippen molar-refractivity contribution >= 4 is 5.78 Å². The van der Waals surface area contributed by atoms with Crippen molar-refractivity contribution in [3.05, 3.63) is 23.8 Å². The second-order valence-corrected chi connectivity index (χ2v) is 8.61. The summed E-state index contributed by atoms with van der Waals surface area (Å²) in [7, 11) is 0. The van der Waals surface area contributed by atoms with E-state index in [9.17, 15) is 9.90 Å². The van der Waals surface area contributed by atoms with Crippen LogP contribution in [0.15, 0.2) is 23.8 Å². The minimum absolute atomic E-state index is 0.0674. The summed E-state index contributed by atoms with van der Waals surface area (Å²) in [5.41, 5.74) is 1.72. The fraction of sp³-hybridized carbons (Fsp3) is 0.750. The molecule has 2 fully saturated rings. The molecule has 2 saturated carbocycles. The van der Waals surface area contributed by atoms with E-state index in [1.54, 1.807) is 0 Å². The van der Waals surface area contributed by atoms with E-state index in [1.165, 1.54) is 18.4 Å². The topological polar surface area (TPSA) is 37.3 Å². The second kappa shape index (κ2) is 4.80. The van der Waals surface area contributed by atoms with Crippen molar-refractivity contribution in [2.45, 2.75) is 64.9 Å². The van der Waals surface area contributed by atoms with Crippen molar-refractivity contribution in [3.8, 4) is 0 Å². The molecule has 0 aromatic rings. The summed E-state index contributed by atoms with van der Waals surface area (Å²) in [5, 5.41) is 10.6. The van der Waals surface area contributed by atoms with E-state index in [0.717, 1.165) is 32.1 Å². The van der Waals surface area contributed by atoms with Gasteiger partial charge >= 0.3 is 0 Å². The largest absolute Gasteiger partial charge is 0.392 e. The summed E-state index contributed by atoms with van der Waals surface area (Å²) in [6, 6.07) is 0. The molecule has 0 spiro atoms. The van der Waals surface area contributed by atoms with E-state index in [-0.39, 0.29) is 16.9 Å². The molecule has 0 radical (unpaired) electrons. The first kappa shape index (κ1) is 14.7. The van der Waals surface area contributed by atoms with Gasteiger partial charge in [0.1, 0.15) is 0 Å². The zero-order valence-electron chi connectivity index (χ0n) is 13.8. The molecular weight excluding hydrogens is 272 g/mol. The molecule has 1 unspecified atom stereocenters. The third-order valence-electron chi connectivity index (χ3n) is 7.72. The van der Waals surface area contributed by atoms with Gasteiger partial charge in [0, 0.05) is 11.8 Å². The summed E-state index contributed by atoms with van der Waals surface area (Å²) in [5.74, 6) is 2.22. The zero-order chi connectivity index (χ0) is 15.5. The van der Waals surface area contributed by atoms with E-state index in [1.807, 2.05) is 6.08 Å². The lowest BCUT2D eigenvalue weighted by atomic mass is 9.45. The van der Waals surface area contributed by atoms with Gasteiger partial charge in [0.15, 0.2) is 5.78 Å². The van der Waals surface area contributed by atoms with Gasteiger partial charge in [-0.1, -0.05) is 31.6 Å². The molecule has 2 nitrogen and oxygen atoms in total. The first-order valence-corrected chi connectivity index (χ1v) is 9.04. The Morgan fingerprint density at radius 3 is 2.82 bits per heavy atom. The number of hydrogen-bond donors (Lipinski definition) is 1. The third kappa shape index (κ3) is 1.86. The van der Waals surface area contributed by atoms with Gasteiger partial charge in [-0.15, -0.1) is 0 Å². The van der Waals surface area contributed by atoms with E-state index in [2.05, 4.69) is 26.0 Å². The monoisotopic (exact) mass is 300 g/mol. The van der Waals surface area contributed by atoms with Crippen LogP contribution in [-0.4, -0.2) is 17.0 Å². The predicted molar refractivity (Wildman–Crippen MR) is 87.2 cm³/mol. The van der Waals surface area contributed by atoms with Crippen molar-refractivity contribution < 1.29 is 9.90 Å². The number of carbonyl (C=O) groups is 1. The van der Waals surface area contributed by atoms with Crippen LogP contribution in [0.5, 0.6) is 0 Å². The molecule has 0 heterocycles. The average molecular weight is 300 g/mol. The molecular formula is C20H28O2. The number of aliphatic hydroxyl groups excluding tert-OH is 1. The number of rotatable bonds is 0. The predicted octanol–water partition coefficient (Wildman–Crippen LogP) is 4.05. The molecule has 0 saturated heterocycles. The van der Waals surface area contributed by atoms with Crippen LogP contribution in [0.25, 0.3) is 0 Å². The van der Waals surface area contributed by atoms with E-state index >= 15 is 0 Å². The molecule has 0 bridgehead atoms. The highest BCUT2D eigenvalue weighted by Crippen LogP contribution is 2.63. The molecule has 2 heteroatoms. The smallest absolute Gasteiger partial charge is 0.155 e. The Kier molecular flexibility index (Phi) is 3.21. The Bertz CT molecular complexity index is 560. The Morgan fingerprint density at radius 2 is 2.00 bits per heavy atom. The van der Waals surface area contributed by atoms with Crippen molar-refractivity contribution in [3.63, 3.8) is 0 Å². The van der Waals surface area contributed by atoms with Gasteiger partial charge in [-0.05, 0) is 67.8 Å². The highest BCUT2D eigenvalue weighted by molar-refractivity contribution is 5.91. The van der Waals surface area contributed by atoms with Gasteiger partial charge in [0.05, 0.1) is 6.10 Å². The molecule has 22 heavy (non-hydrogen) atoms. The van der Waals surface area contributed by atoms with Gasteiger partial charge in [0.2, 0.25) is 0 Å². The first-order chi connectivity index (χ1) is 10.4. The lowest BCUT2D eigenvalue weighted by Crippen LogP contribution is -2.54. The molecule has 0 amide bonds. The Morgan fingerprint density at radius 1 is 1.18 bits per heavy atom. The van der Waals surface area contributed by atoms with Gasteiger partial charge in [-0.2, -0.15) is 0 Å². The maximum absolute atomic E-state index is 11.8. The molecule has 120 valence electrons.